The Hall–Kier alpha value is -1.84. The Morgan fingerprint density at radius 2 is 2.00 bits per heavy atom. The minimum Gasteiger partial charge on any atom is -0.399 e. The lowest BCUT2D eigenvalue weighted by Crippen LogP contribution is -2.49. The van der Waals surface area contributed by atoms with Gasteiger partial charge in [-0.1, -0.05) is 19.9 Å². The number of benzene rings is 1. The molecule has 100 valence electrons. The van der Waals surface area contributed by atoms with Crippen molar-refractivity contribution in [2.75, 3.05) is 12.3 Å². The maximum atomic E-state index is 12.6. The normalized spacial score (nSPS) is 20.1. The van der Waals surface area contributed by atoms with Gasteiger partial charge in [0.05, 0.1) is 5.41 Å². The molecule has 1 aliphatic heterocycles. The summed E-state index contributed by atoms with van der Waals surface area (Å²) in [7, 11) is 0. The number of hydrogen-bond acceptors (Lipinski definition) is 3. The molecule has 1 fully saturated rings. The third kappa shape index (κ3) is 1.66. The zero-order valence-corrected chi connectivity index (χ0v) is 11.3. The van der Waals surface area contributed by atoms with Crippen molar-refractivity contribution in [1.82, 2.24) is 4.90 Å². The summed E-state index contributed by atoms with van der Waals surface area (Å²) in [5, 5.41) is 0. The van der Waals surface area contributed by atoms with Crippen molar-refractivity contribution in [3.8, 4) is 0 Å². The second kappa shape index (κ2) is 3.83. The van der Waals surface area contributed by atoms with E-state index in [0.717, 1.165) is 18.4 Å². The SMILES string of the molecule is CC(C)CN1C(=O)c2cc(N)ccc2C2(CC2)C1=O. The fraction of sp³-hybridized carbons (Fsp3) is 0.467. The summed E-state index contributed by atoms with van der Waals surface area (Å²) in [6.45, 7) is 4.50. The van der Waals surface area contributed by atoms with Crippen LogP contribution in [-0.4, -0.2) is 23.3 Å². The van der Waals surface area contributed by atoms with Gasteiger partial charge in [0, 0.05) is 17.8 Å². The lowest BCUT2D eigenvalue weighted by Gasteiger charge is -2.33. The number of amides is 2. The Bertz CT molecular complexity index is 574. The molecular formula is C15H18N2O2. The van der Waals surface area contributed by atoms with Crippen LogP contribution in [0.15, 0.2) is 18.2 Å². The highest BCUT2D eigenvalue weighted by molar-refractivity contribution is 6.14. The molecule has 4 heteroatoms. The van der Waals surface area contributed by atoms with E-state index in [2.05, 4.69) is 0 Å². The predicted octanol–water partition coefficient (Wildman–Crippen LogP) is 1.94. The highest BCUT2D eigenvalue weighted by atomic mass is 16.2. The summed E-state index contributed by atoms with van der Waals surface area (Å²) < 4.78 is 0. The molecule has 1 aliphatic carbocycles. The number of rotatable bonds is 2. The molecule has 0 saturated heterocycles. The third-order valence-electron chi connectivity index (χ3n) is 3.99. The predicted molar refractivity (Wildman–Crippen MR) is 72.6 cm³/mol. The topological polar surface area (TPSA) is 63.4 Å². The number of nitrogens with zero attached hydrogens (tertiary/aromatic N) is 1. The monoisotopic (exact) mass is 258 g/mol. The molecule has 0 unspecified atom stereocenters. The van der Waals surface area contributed by atoms with Gasteiger partial charge >= 0.3 is 0 Å². The summed E-state index contributed by atoms with van der Waals surface area (Å²) in [6, 6.07) is 5.33. The lowest BCUT2D eigenvalue weighted by molar-refractivity contribution is -0.132. The quantitative estimate of drug-likeness (QED) is 0.651. The van der Waals surface area contributed by atoms with Crippen LogP contribution < -0.4 is 5.73 Å². The van der Waals surface area contributed by atoms with E-state index in [9.17, 15) is 9.59 Å². The molecule has 0 bridgehead atoms. The van der Waals surface area contributed by atoms with Crippen LogP contribution in [0.1, 0.15) is 42.6 Å². The van der Waals surface area contributed by atoms with E-state index in [1.807, 2.05) is 19.9 Å². The molecule has 19 heavy (non-hydrogen) atoms. The van der Waals surface area contributed by atoms with Crippen LogP contribution in [0.5, 0.6) is 0 Å². The Balaban J connectivity index is 2.12. The van der Waals surface area contributed by atoms with Crippen LogP contribution in [0.2, 0.25) is 0 Å². The van der Waals surface area contributed by atoms with Gasteiger partial charge in [-0.3, -0.25) is 14.5 Å². The van der Waals surface area contributed by atoms with Gasteiger partial charge in [0.2, 0.25) is 5.91 Å². The number of imide groups is 1. The molecule has 2 aliphatic rings. The van der Waals surface area contributed by atoms with E-state index in [-0.39, 0.29) is 17.7 Å². The highest BCUT2D eigenvalue weighted by Gasteiger charge is 2.58. The summed E-state index contributed by atoms with van der Waals surface area (Å²) in [4.78, 5) is 26.5. The molecule has 2 N–H and O–H groups in total. The Kier molecular flexibility index (Phi) is 2.46. The minimum atomic E-state index is -0.439. The summed E-state index contributed by atoms with van der Waals surface area (Å²) >= 11 is 0. The average Bonchev–Trinajstić information content (AvgIpc) is 3.14. The Labute approximate surface area is 112 Å². The molecule has 1 spiro atoms. The van der Waals surface area contributed by atoms with Crippen molar-refractivity contribution >= 4 is 17.5 Å². The molecule has 1 aromatic carbocycles. The summed E-state index contributed by atoms with van der Waals surface area (Å²) in [5.41, 5.74) is 7.39. The van der Waals surface area contributed by atoms with Crippen molar-refractivity contribution in [3.63, 3.8) is 0 Å². The van der Waals surface area contributed by atoms with Gasteiger partial charge in [0.15, 0.2) is 0 Å². The van der Waals surface area contributed by atoms with Crippen molar-refractivity contribution in [1.29, 1.82) is 0 Å². The maximum Gasteiger partial charge on any atom is 0.260 e. The van der Waals surface area contributed by atoms with Crippen LogP contribution in [0.3, 0.4) is 0 Å². The second-order valence-corrected chi connectivity index (χ2v) is 6.00. The molecule has 3 rings (SSSR count). The van der Waals surface area contributed by atoms with Gasteiger partial charge in [-0.2, -0.15) is 0 Å². The largest absolute Gasteiger partial charge is 0.399 e. The third-order valence-corrected chi connectivity index (χ3v) is 3.99. The molecule has 0 radical (unpaired) electrons. The first-order valence-corrected chi connectivity index (χ1v) is 6.72. The van der Waals surface area contributed by atoms with E-state index in [4.69, 9.17) is 5.73 Å². The number of fused-ring (bicyclic) bond motifs is 2. The maximum absolute atomic E-state index is 12.6. The second-order valence-electron chi connectivity index (χ2n) is 6.00. The molecular weight excluding hydrogens is 240 g/mol. The number of anilines is 1. The van der Waals surface area contributed by atoms with Crippen LogP contribution >= 0.6 is 0 Å². The fourth-order valence-electron chi connectivity index (χ4n) is 2.91. The number of carbonyl (C=O) groups is 2. The van der Waals surface area contributed by atoms with Crippen molar-refractivity contribution in [2.24, 2.45) is 5.92 Å². The van der Waals surface area contributed by atoms with E-state index in [1.165, 1.54) is 4.90 Å². The molecule has 0 atom stereocenters. The van der Waals surface area contributed by atoms with Crippen molar-refractivity contribution in [3.05, 3.63) is 29.3 Å². The van der Waals surface area contributed by atoms with Gasteiger partial charge in [-0.25, -0.2) is 0 Å². The summed E-state index contributed by atoms with van der Waals surface area (Å²) in [6.07, 6.45) is 1.68. The van der Waals surface area contributed by atoms with E-state index < -0.39 is 5.41 Å². The number of nitrogens with two attached hydrogens (primary N) is 1. The lowest BCUT2D eigenvalue weighted by atomic mass is 9.85. The van der Waals surface area contributed by atoms with Crippen LogP contribution in [0.4, 0.5) is 5.69 Å². The number of carbonyl (C=O) groups excluding carboxylic acids is 2. The van der Waals surface area contributed by atoms with E-state index in [0.29, 0.717) is 17.8 Å². The van der Waals surface area contributed by atoms with Crippen LogP contribution in [0, 0.1) is 5.92 Å². The van der Waals surface area contributed by atoms with Crippen LogP contribution in [0.25, 0.3) is 0 Å². The highest BCUT2D eigenvalue weighted by Crippen LogP contribution is 2.53. The van der Waals surface area contributed by atoms with E-state index >= 15 is 0 Å². The van der Waals surface area contributed by atoms with Crippen molar-refractivity contribution in [2.45, 2.75) is 32.1 Å². The zero-order valence-electron chi connectivity index (χ0n) is 11.3. The Morgan fingerprint density at radius 3 is 2.58 bits per heavy atom. The molecule has 2 amide bonds. The average molecular weight is 258 g/mol. The van der Waals surface area contributed by atoms with Gasteiger partial charge < -0.3 is 5.73 Å². The molecule has 4 nitrogen and oxygen atoms in total. The number of nitrogen functional groups attached to an aromatic ring is 1. The molecule has 1 saturated carbocycles. The number of hydrogen-bond donors (Lipinski definition) is 1. The van der Waals surface area contributed by atoms with Gasteiger partial charge in [-0.05, 0) is 36.5 Å². The molecule has 1 aromatic rings. The fourth-order valence-corrected chi connectivity index (χ4v) is 2.91. The standard InChI is InChI=1S/C15H18N2O2/c1-9(2)8-17-13(18)11-7-10(16)3-4-12(11)15(5-6-15)14(17)19/h3-4,7,9H,5-6,8,16H2,1-2H3. The first kappa shape index (κ1) is 12.2. The van der Waals surface area contributed by atoms with Crippen molar-refractivity contribution < 1.29 is 9.59 Å². The molecule has 1 heterocycles. The minimum absolute atomic E-state index is 0.0246. The first-order valence-electron chi connectivity index (χ1n) is 6.72. The van der Waals surface area contributed by atoms with Gasteiger partial charge in [-0.15, -0.1) is 0 Å². The smallest absolute Gasteiger partial charge is 0.260 e. The first-order chi connectivity index (χ1) is 8.95. The van der Waals surface area contributed by atoms with Gasteiger partial charge in [0.1, 0.15) is 0 Å². The van der Waals surface area contributed by atoms with E-state index in [1.54, 1.807) is 12.1 Å². The molecule has 0 aromatic heterocycles. The summed E-state index contributed by atoms with van der Waals surface area (Å²) in [5.74, 6) is 0.0494. The Morgan fingerprint density at radius 1 is 1.32 bits per heavy atom. The van der Waals surface area contributed by atoms with Crippen LogP contribution in [-0.2, 0) is 10.2 Å². The van der Waals surface area contributed by atoms with Gasteiger partial charge in [0.25, 0.3) is 5.91 Å². The zero-order chi connectivity index (χ0) is 13.8.